The first-order valence-corrected chi connectivity index (χ1v) is 9.13. The maximum Gasteiger partial charge on any atom is 0.238 e. The fraction of sp³-hybridized carbons (Fsp3) is 0.350. The number of halogens is 2. The van der Waals surface area contributed by atoms with Crippen LogP contribution in [0.5, 0.6) is 0 Å². The summed E-state index contributed by atoms with van der Waals surface area (Å²) in [5, 5.41) is 3.00. The van der Waals surface area contributed by atoms with Crippen LogP contribution in [-0.4, -0.2) is 37.0 Å². The third kappa shape index (κ3) is 3.34. The number of ether oxygens (including phenoxy) is 1. The first kappa shape index (κ1) is 17.5. The van der Waals surface area contributed by atoms with Crippen LogP contribution in [0.4, 0.5) is 10.1 Å². The van der Waals surface area contributed by atoms with Gasteiger partial charge in [-0.3, -0.25) is 9.69 Å². The molecule has 4 rings (SSSR count). The second-order valence-electron chi connectivity index (χ2n) is 6.88. The molecule has 6 heteroatoms. The van der Waals surface area contributed by atoms with Gasteiger partial charge in [-0.05, 0) is 42.2 Å². The summed E-state index contributed by atoms with van der Waals surface area (Å²) in [7, 11) is 0. The van der Waals surface area contributed by atoms with Gasteiger partial charge in [0.15, 0.2) is 0 Å². The summed E-state index contributed by atoms with van der Waals surface area (Å²) in [6, 6.07) is 12.5. The minimum absolute atomic E-state index is 0.108. The molecular weight excluding hydrogens is 355 g/mol. The lowest BCUT2D eigenvalue weighted by atomic mass is 9.93. The molecule has 0 bridgehead atoms. The lowest BCUT2D eigenvalue weighted by Gasteiger charge is -2.41. The quantitative estimate of drug-likeness (QED) is 0.892. The topological polar surface area (TPSA) is 41.6 Å². The van der Waals surface area contributed by atoms with E-state index < -0.39 is 5.82 Å². The van der Waals surface area contributed by atoms with Crippen LogP contribution < -0.4 is 5.32 Å². The Morgan fingerprint density at radius 1 is 1.31 bits per heavy atom. The van der Waals surface area contributed by atoms with Crippen LogP contribution in [0.1, 0.15) is 17.5 Å². The van der Waals surface area contributed by atoms with Crippen molar-refractivity contribution in [2.45, 2.75) is 18.4 Å². The van der Waals surface area contributed by atoms with E-state index in [1.54, 1.807) is 0 Å². The molecule has 2 aromatic rings. The molecule has 1 heterocycles. The maximum atomic E-state index is 13.8. The van der Waals surface area contributed by atoms with E-state index in [1.165, 1.54) is 29.3 Å². The van der Waals surface area contributed by atoms with Crippen molar-refractivity contribution in [3.8, 4) is 0 Å². The van der Waals surface area contributed by atoms with Crippen molar-refractivity contribution in [3.05, 3.63) is 64.4 Å². The van der Waals surface area contributed by atoms with Gasteiger partial charge in [0.2, 0.25) is 5.91 Å². The van der Waals surface area contributed by atoms with Crippen molar-refractivity contribution < 1.29 is 13.9 Å². The fourth-order valence-electron chi connectivity index (χ4n) is 3.95. The summed E-state index contributed by atoms with van der Waals surface area (Å²) in [5.41, 5.74) is 2.32. The second kappa shape index (κ2) is 6.99. The van der Waals surface area contributed by atoms with Crippen molar-refractivity contribution in [3.63, 3.8) is 0 Å². The van der Waals surface area contributed by atoms with Crippen LogP contribution in [0.25, 0.3) is 0 Å². The predicted molar refractivity (Wildman–Crippen MR) is 98.9 cm³/mol. The number of anilines is 1. The van der Waals surface area contributed by atoms with Crippen LogP contribution in [0.15, 0.2) is 42.5 Å². The van der Waals surface area contributed by atoms with Crippen LogP contribution in [0, 0.1) is 5.82 Å². The lowest BCUT2D eigenvalue weighted by molar-refractivity contribution is -0.129. The van der Waals surface area contributed by atoms with E-state index in [2.05, 4.69) is 22.3 Å². The SMILES string of the molecule is O=C(CN1CCOC2(CCc3ccccc32)C1)Nc1cc(Cl)ccc1F. The van der Waals surface area contributed by atoms with Gasteiger partial charge < -0.3 is 10.1 Å². The molecule has 1 aliphatic carbocycles. The van der Waals surface area contributed by atoms with E-state index >= 15 is 0 Å². The highest BCUT2D eigenvalue weighted by molar-refractivity contribution is 6.30. The van der Waals surface area contributed by atoms with Crippen molar-refractivity contribution in [1.82, 2.24) is 4.90 Å². The first-order valence-electron chi connectivity index (χ1n) is 8.75. The Balaban J connectivity index is 1.44. The zero-order chi connectivity index (χ0) is 18.1. The first-order chi connectivity index (χ1) is 12.6. The standard InChI is InChI=1S/C20H20ClFN2O2/c21-15-5-6-17(22)18(11-15)23-19(25)12-24-9-10-26-20(13-24)8-7-14-3-1-2-4-16(14)20/h1-6,11H,7-10,12-13H2,(H,23,25). The minimum Gasteiger partial charge on any atom is -0.368 e. The molecule has 136 valence electrons. The average Bonchev–Trinajstić information content (AvgIpc) is 2.97. The molecular formula is C20H20ClFN2O2. The van der Waals surface area contributed by atoms with Crippen molar-refractivity contribution in [2.24, 2.45) is 0 Å². The smallest absolute Gasteiger partial charge is 0.238 e. The van der Waals surface area contributed by atoms with Gasteiger partial charge in [0.1, 0.15) is 11.4 Å². The summed E-state index contributed by atoms with van der Waals surface area (Å²) in [4.78, 5) is 14.5. The molecule has 0 aromatic heterocycles. The molecule has 1 atom stereocenters. The predicted octanol–water partition coefficient (Wildman–Crippen LogP) is 3.59. The average molecular weight is 375 g/mol. The highest BCUT2D eigenvalue weighted by atomic mass is 35.5. The van der Waals surface area contributed by atoms with Crippen molar-refractivity contribution >= 4 is 23.2 Å². The van der Waals surface area contributed by atoms with E-state index in [9.17, 15) is 9.18 Å². The van der Waals surface area contributed by atoms with Gasteiger partial charge in [0, 0.05) is 18.1 Å². The highest BCUT2D eigenvalue weighted by Crippen LogP contribution is 2.42. The number of hydrogen-bond donors (Lipinski definition) is 1. The number of nitrogens with one attached hydrogen (secondary N) is 1. The van der Waals surface area contributed by atoms with Gasteiger partial charge in [0.25, 0.3) is 0 Å². The summed E-state index contributed by atoms with van der Waals surface area (Å²) in [6.07, 6.45) is 1.91. The number of fused-ring (bicyclic) bond motifs is 2. The van der Waals surface area contributed by atoms with Gasteiger partial charge in [-0.25, -0.2) is 4.39 Å². The van der Waals surface area contributed by atoms with E-state index in [0.29, 0.717) is 24.7 Å². The van der Waals surface area contributed by atoms with Crippen LogP contribution in [-0.2, 0) is 21.6 Å². The Morgan fingerprint density at radius 3 is 3.04 bits per heavy atom. The normalized spacial score (nSPS) is 22.4. The van der Waals surface area contributed by atoms with Gasteiger partial charge in [-0.15, -0.1) is 0 Å². The number of nitrogens with zero attached hydrogens (tertiary/aromatic N) is 1. The molecule has 1 saturated heterocycles. The fourth-order valence-corrected chi connectivity index (χ4v) is 4.12. The third-order valence-electron chi connectivity index (χ3n) is 5.14. The van der Waals surface area contributed by atoms with Crippen LogP contribution in [0.3, 0.4) is 0 Å². The number of rotatable bonds is 3. The van der Waals surface area contributed by atoms with Crippen LogP contribution in [0.2, 0.25) is 5.02 Å². The molecule has 0 radical (unpaired) electrons. The van der Waals surface area contributed by atoms with Gasteiger partial charge in [-0.1, -0.05) is 35.9 Å². The Labute approximate surface area is 156 Å². The molecule has 1 unspecified atom stereocenters. The second-order valence-corrected chi connectivity index (χ2v) is 7.32. The Bertz CT molecular complexity index is 840. The Morgan fingerprint density at radius 2 is 2.15 bits per heavy atom. The number of hydrogen-bond acceptors (Lipinski definition) is 3. The van der Waals surface area contributed by atoms with E-state index in [-0.39, 0.29) is 23.7 Å². The zero-order valence-corrected chi connectivity index (χ0v) is 15.1. The molecule has 1 amide bonds. The largest absolute Gasteiger partial charge is 0.368 e. The van der Waals surface area contributed by atoms with Gasteiger partial charge in [-0.2, -0.15) is 0 Å². The lowest BCUT2D eigenvalue weighted by Crippen LogP contribution is -2.50. The number of carbonyl (C=O) groups excluding carboxylic acids is 1. The van der Waals surface area contributed by atoms with Crippen molar-refractivity contribution in [1.29, 1.82) is 0 Å². The number of aryl methyl sites for hydroxylation is 1. The number of amides is 1. The molecule has 0 saturated carbocycles. The molecule has 1 spiro atoms. The molecule has 1 aliphatic heterocycles. The summed E-state index contributed by atoms with van der Waals surface area (Å²) in [6.45, 7) is 2.11. The molecule has 2 aliphatic rings. The highest BCUT2D eigenvalue weighted by Gasteiger charge is 2.43. The summed E-state index contributed by atoms with van der Waals surface area (Å²) in [5.74, 6) is -0.750. The van der Waals surface area contributed by atoms with E-state index in [0.717, 1.165) is 12.8 Å². The molecule has 2 aromatic carbocycles. The molecule has 1 N–H and O–H groups in total. The monoisotopic (exact) mass is 374 g/mol. The molecule has 1 fully saturated rings. The van der Waals surface area contributed by atoms with Gasteiger partial charge in [0.05, 0.1) is 18.8 Å². The molecule has 4 nitrogen and oxygen atoms in total. The zero-order valence-electron chi connectivity index (χ0n) is 14.3. The third-order valence-corrected chi connectivity index (χ3v) is 5.38. The number of benzene rings is 2. The van der Waals surface area contributed by atoms with E-state index in [4.69, 9.17) is 16.3 Å². The van der Waals surface area contributed by atoms with Gasteiger partial charge >= 0.3 is 0 Å². The Hall–Kier alpha value is -1.95. The molecule has 26 heavy (non-hydrogen) atoms. The Kier molecular flexibility index (Phi) is 4.69. The summed E-state index contributed by atoms with van der Waals surface area (Å²) >= 11 is 5.88. The maximum absolute atomic E-state index is 13.8. The van der Waals surface area contributed by atoms with Crippen LogP contribution >= 0.6 is 11.6 Å². The number of morpholine rings is 1. The summed E-state index contributed by atoms with van der Waals surface area (Å²) < 4.78 is 20.0. The minimum atomic E-state index is -0.495. The number of carbonyl (C=O) groups is 1. The van der Waals surface area contributed by atoms with Crippen molar-refractivity contribution in [2.75, 3.05) is 31.6 Å². The van der Waals surface area contributed by atoms with E-state index in [1.807, 2.05) is 12.1 Å².